The van der Waals surface area contributed by atoms with Gasteiger partial charge in [0.25, 0.3) is 0 Å². The highest BCUT2D eigenvalue weighted by molar-refractivity contribution is 6.01. The third-order valence-electron chi connectivity index (χ3n) is 7.74. The summed E-state index contributed by atoms with van der Waals surface area (Å²) in [6, 6.07) is 20.4. The maximum Gasteiger partial charge on any atom is 0.228 e. The summed E-state index contributed by atoms with van der Waals surface area (Å²) in [5.41, 5.74) is 6.74. The molecule has 35 heavy (non-hydrogen) atoms. The number of benzene rings is 2. The Morgan fingerprint density at radius 2 is 1.80 bits per heavy atom. The van der Waals surface area contributed by atoms with Gasteiger partial charge in [0, 0.05) is 31.4 Å². The Bertz CT molecular complexity index is 1490. The van der Waals surface area contributed by atoms with Gasteiger partial charge >= 0.3 is 0 Å². The average molecular weight is 464 g/mol. The van der Waals surface area contributed by atoms with Crippen molar-refractivity contribution in [3.8, 4) is 11.1 Å². The molecule has 0 radical (unpaired) electrons. The first-order valence-corrected chi connectivity index (χ1v) is 12.3. The lowest BCUT2D eigenvalue weighted by molar-refractivity contribution is -0.136. The second-order valence-electron chi connectivity index (χ2n) is 9.76. The smallest absolute Gasteiger partial charge is 0.228 e. The molecule has 0 spiro atoms. The van der Waals surface area contributed by atoms with E-state index in [1.807, 2.05) is 39.8 Å². The lowest BCUT2D eigenvalue weighted by Crippen LogP contribution is -2.37. The van der Waals surface area contributed by atoms with Gasteiger partial charge in [0.1, 0.15) is 0 Å². The number of pyridine rings is 1. The predicted molar refractivity (Wildman–Crippen MR) is 132 cm³/mol. The number of anilines is 1. The molecule has 0 bridgehead atoms. The van der Waals surface area contributed by atoms with Crippen molar-refractivity contribution in [3.63, 3.8) is 0 Å². The first kappa shape index (κ1) is 20.4. The van der Waals surface area contributed by atoms with Crippen molar-refractivity contribution >= 4 is 23.1 Å². The van der Waals surface area contributed by atoms with Crippen molar-refractivity contribution in [2.75, 3.05) is 18.0 Å². The number of fused-ring (bicyclic) bond motifs is 4. The molecule has 2 atom stereocenters. The number of likely N-dealkylation sites (tertiary alicyclic amines) is 1. The van der Waals surface area contributed by atoms with Gasteiger partial charge in [0.2, 0.25) is 11.8 Å². The highest BCUT2D eigenvalue weighted by atomic mass is 16.2. The summed E-state index contributed by atoms with van der Waals surface area (Å²) in [5, 5.41) is 8.68. The van der Waals surface area contributed by atoms with Crippen LogP contribution in [0.1, 0.15) is 42.3 Å². The molecular weight excluding hydrogens is 438 g/mol. The van der Waals surface area contributed by atoms with Crippen LogP contribution in [0, 0.1) is 5.92 Å². The number of aromatic nitrogens is 3. The van der Waals surface area contributed by atoms with E-state index in [1.165, 1.54) is 22.3 Å². The Morgan fingerprint density at radius 1 is 0.943 bits per heavy atom. The summed E-state index contributed by atoms with van der Waals surface area (Å²) < 4.78 is 1.96. The molecule has 174 valence electrons. The molecule has 4 aromatic rings. The molecule has 2 aliphatic heterocycles. The number of hydrogen-bond donors (Lipinski definition) is 0. The third-order valence-corrected chi connectivity index (χ3v) is 7.74. The summed E-state index contributed by atoms with van der Waals surface area (Å²) in [4.78, 5) is 30.4. The van der Waals surface area contributed by atoms with Crippen LogP contribution in [-0.2, 0) is 16.0 Å². The largest absolute Gasteiger partial charge is 0.332 e. The molecule has 2 unspecified atom stereocenters. The molecule has 0 N–H and O–H groups in total. The SMILES string of the molecule is O=C1CC(C(=O)N2CCCC2c2nnc3ccccn23)CN1c1ccc2c(c1)Cc1ccccc1-2. The number of carbonyl (C=O) groups is 2. The maximum atomic E-state index is 13.6. The molecule has 3 aliphatic rings. The second-order valence-corrected chi connectivity index (χ2v) is 9.76. The van der Waals surface area contributed by atoms with Crippen molar-refractivity contribution in [2.24, 2.45) is 5.92 Å². The molecule has 2 amide bonds. The fourth-order valence-corrected chi connectivity index (χ4v) is 6.04. The van der Waals surface area contributed by atoms with Crippen LogP contribution in [0.2, 0.25) is 0 Å². The molecule has 2 fully saturated rings. The monoisotopic (exact) mass is 463 g/mol. The van der Waals surface area contributed by atoms with Gasteiger partial charge in [-0.1, -0.05) is 36.4 Å². The predicted octanol–water partition coefficient (Wildman–Crippen LogP) is 4.02. The lowest BCUT2D eigenvalue weighted by atomic mass is 10.1. The first-order valence-electron chi connectivity index (χ1n) is 12.3. The molecule has 7 heteroatoms. The third kappa shape index (κ3) is 3.18. The van der Waals surface area contributed by atoms with Crippen LogP contribution in [0.5, 0.6) is 0 Å². The second kappa shape index (κ2) is 7.77. The molecule has 2 aromatic carbocycles. The van der Waals surface area contributed by atoms with Gasteiger partial charge in [-0.3, -0.25) is 14.0 Å². The van der Waals surface area contributed by atoms with Crippen LogP contribution < -0.4 is 4.90 Å². The standard InChI is InChI=1S/C28H25N5O2/c34-26-16-20(17-33(26)21-10-11-23-19(15-21)14-18-6-1-2-7-22(18)23)28(35)31-13-5-8-24(31)27-30-29-25-9-3-4-12-32(25)27/h1-4,6-7,9-12,15,20,24H,5,8,13-14,16-17H2. The minimum atomic E-state index is -0.340. The van der Waals surface area contributed by atoms with Gasteiger partial charge in [-0.15, -0.1) is 10.2 Å². The van der Waals surface area contributed by atoms with Crippen LogP contribution in [-0.4, -0.2) is 44.4 Å². The lowest BCUT2D eigenvalue weighted by Gasteiger charge is -2.26. The molecule has 4 heterocycles. The Kier molecular flexibility index (Phi) is 4.52. The molecule has 7 rings (SSSR count). The average Bonchev–Trinajstić information content (AvgIpc) is 3.66. The van der Waals surface area contributed by atoms with Gasteiger partial charge in [-0.2, -0.15) is 0 Å². The molecule has 0 saturated carbocycles. The zero-order valence-electron chi connectivity index (χ0n) is 19.3. The number of hydrogen-bond acceptors (Lipinski definition) is 4. The van der Waals surface area contributed by atoms with E-state index in [1.54, 1.807) is 4.90 Å². The van der Waals surface area contributed by atoms with Crippen LogP contribution in [0.25, 0.3) is 16.8 Å². The van der Waals surface area contributed by atoms with Gasteiger partial charge in [0.15, 0.2) is 11.5 Å². The van der Waals surface area contributed by atoms with E-state index in [9.17, 15) is 9.59 Å². The number of amides is 2. The van der Waals surface area contributed by atoms with E-state index in [0.29, 0.717) is 13.1 Å². The number of nitrogens with zero attached hydrogens (tertiary/aromatic N) is 5. The Balaban J connectivity index is 1.12. The molecule has 7 nitrogen and oxygen atoms in total. The minimum Gasteiger partial charge on any atom is -0.332 e. The van der Waals surface area contributed by atoms with Crippen LogP contribution in [0.4, 0.5) is 5.69 Å². The zero-order chi connectivity index (χ0) is 23.5. The normalized spacial score (nSPS) is 21.1. The highest BCUT2D eigenvalue weighted by Gasteiger charge is 2.42. The zero-order valence-corrected chi connectivity index (χ0v) is 19.3. The van der Waals surface area contributed by atoms with Crippen molar-refractivity contribution in [3.05, 3.63) is 83.8 Å². The summed E-state index contributed by atoms with van der Waals surface area (Å²) in [6.07, 6.45) is 4.86. The van der Waals surface area contributed by atoms with Gasteiger partial charge in [-0.25, -0.2) is 0 Å². The van der Waals surface area contributed by atoms with Crippen molar-refractivity contribution in [1.29, 1.82) is 0 Å². The van der Waals surface area contributed by atoms with E-state index in [2.05, 4.69) is 46.6 Å². The minimum absolute atomic E-state index is 0.0162. The maximum absolute atomic E-state index is 13.6. The van der Waals surface area contributed by atoms with Gasteiger partial charge in [0.05, 0.1) is 12.0 Å². The van der Waals surface area contributed by atoms with Crippen LogP contribution in [0.15, 0.2) is 66.9 Å². The number of rotatable bonds is 3. The van der Waals surface area contributed by atoms with E-state index in [0.717, 1.165) is 36.4 Å². The first-order chi connectivity index (χ1) is 17.2. The van der Waals surface area contributed by atoms with Crippen molar-refractivity contribution in [2.45, 2.75) is 31.7 Å². The van der Waals surface area contributed by atoms with Gasteiger partial charge in [-0.05, 0) is 65.8 Å². The quantitative estimate of drug-likeness (QED) is 0.405. The van der Waals surface area contributed by atoms with E-state index < -0.39 is 0 Å². The van der Waals surface area contributed by atoms with Crippen LogP contribution in [0.3, 0.4) is 0 Å². The summed E-state index contributed by atoms with van der Waals surface area (Å²) in [7, 11) is 0. The molecule has 2 saturated heterocycles. The molecule has 2 aromatic heterocycles. The van der Waals surface area contributed by atoms with E-state index >= 15 is 0 Å². The topological polar surface area (TPSA) is 70.8 Å². The Labute approximate surface area is 203 Å². The fraction of sp³-hybridized carbons (Fsp3) is 0.286. The fourth-order valence-electron chi connectivity index (χ4n) is 6.04. The summed E-state index contributed by atoms with van der Waals surface area (Å²) >= 11 is 0. The van der Waals surface area contributed by atoms with Crippen molar-refractivity contribution < 1.29 is 9.59 Å². The van der Waals surface area contributed by atoms with Crippen molar-refractivity contribution in [1.82, 2.24) is 19.5 Å². The Morgan fingerprint density at radius 3 is 2.74 bits per heavy atom. The molecular formula is C28H25N5O2. The van der Waals surface area contributed by atoms with Gasteiger partial charge < -0.3 is 9.80 Å². The highest BCUT2D eigenvalue weighted by Crippen LogP contribution is 2.40. The Hall–Kier alpha value is -4.00. The summed E-state index contributed by atoms with van der Waals surface area (Å²) in [5.74, 6) is 0.519. The molecule has 1 aliphatic carbocycles. The number of carbonyl (C=O) groups excluding carboxylic acids is 2. The van der Waals surface area contributed by atoms with E-state index in [4.69, 9.17) is 0 Å². The van der Waals surface area contributed by atoms with Crippen LogP contribution >= 0.6 is 0 Å². The summed E-state index contributed by atoms with van der Waals surface area (Å²) in [6.45, 7) is 1.11. The van der Waals surface area contributed by atoms with E-state index in [-0.39, 0.29) is 30.2 Å².